The molecular formula is C22H17N3S2. The van der Waals surface area contributed by atoms with Crippen LogP contribution in [-0.2, 0) is 0 Å². The highest BCUT2D eigenvalue weighted by Gasteiger charge is 2.31. The average Bonchev–Trinajstić information content (AvgIpc) is 3.49. The summed E-state index contributed by atoms with van der Waals surface area (Å²) in [5.41, 5.74) is 4.54. The molecule has 5 heteroatoms. The summed E-state index contributed by atoms with van der Waals surface area (Å²) < 4.78 is 0. The van der Waals surface area contributed by atoms with Crippen LogP contribution in [0.15, 0.2) is 88.7 Å². The Balaban J connectivity index is 1.54. The predicted molar refractivity (Wildman–Crippen MR) is 115 cm³/mol. The first-order chi connectivity index (χ1) is 13.4. The molecule has 3 nitrogen and oxygen atoms in total. The Bertz CT molecular complexity index is 1050. The molecule has 1 aliphatic rings. The third kappa shape index (κ3) is 3.20. The largest absolute Gasteiger partial charge is 0.231 e. The average molecular weight is 388 g/mol. The van der Waals surface area contributed by atoms with Crippen LogP contribution < -0.4 is 5.01 Å². The van der Waals surface area contributed by atoms with E-state index < -0.39 is 0 Å². The molecule has 2 aromatic carbocycles. The molecule has 0 aliphatic carbocycles. The molecule has 132 valence electrons. The molecule has 1 aliphatic heterocycles. The van der Waals surface area contributed by atoms with E-state index in [2.05, 4.69) is 70.4 Å². The number of aromatic nitrogens is 1. The minimum atomic E-state index is 0.179. The van der Waals surface area contributed by atoms with Crippen LogP contribution in [0.2, 0.25) is 0 Å². The van der Waals surface area contributed by atoms with Crippen LogP contribution in [0.25, 0.3) is 11.3 Å². The number of thiophene rings is 1. The van der Waals surface area contributed by atoms with Gasteiger partial charge < -0.3 is 0 Å². The maximum atomic E-state index is 4.97. The minimum Gasteiger partial charge on any atom is -0.231 e. The van der Waals surface area contributed by atoms with Gasteiger partial charge in [-0.15, -0.1) is 22.7 Å². The van der Waals surface area contributed by atoms with Crippen LogP contribution in [0.3, 0.4) is 0 Å². The van der Waals surface area contributed by atoms with Gasteiger partial charge >= 0.3 is 0 Å². The number of hydrazone groups is 1. The highest BCUT2D eigenvalue weighted by atomic mass is 32.1. The lowest BCUT2D eigenvalue weighted by molar-refractivity contribution is 0.706. The molecule has 0 bridgehead atoms. The topological polar surface area (TPSA) is 28.5 Å². The van der Waals surface area contributed by atoms with Crippen LogP contribution >= 0.6 is 22.7 Å². The minimum absolute atomic E-state index is 0.179. The summed E-state index contributed by atoms with van der Waals surface area (Å²) in [6, 6.07) is 25.3. The molecule has 0 N–H and O–H groups in total. The van der Waals surface area contributed by atoms with Gasteiger partial charge in [-0.2, -0.15) is 5.10 Å². The normalized spacial score (nSPS) is 16.5. The van der Waals surface area contributed by atoms with Crippen molar-refractivity contribution in [3.8, 4) is 11.3 Å². The smallest absolute Gasteiger partial charge is 0.207 e. The zero-order valence-corrected chi connectivity index (χ0v) is 16.2. The van der Waals surface area contributed by atoms with E-state index in [1.165, 1.54) is 10.4 Å². The van der Waals surface area contributed by atoms with E-state index >= 15 is 0 Å². The Morgan fingerprint density at radius 3 is 2.37 bits per heavy atom. The van der Waals surface area contributed by atoms with Crippen molar-refractivity contribution in [3.63, 3.8) is 0 Å². The maximum absolute atomic E-state index is 4.97. The molecule has 4 aromatic rings. The highest BCUT2D eigenvalue weighted by molar-refractivity contribution is 7.14. The zero-order chi connectivity index (χ0) is 18.1. The summed E-state index contributed by atoms with van der Waals surface area (Å²) >= 11 is 3.39. The summed E-state index contributed by atoms with van der Waals surface area (Å²) in [6.45, 7) is 0. The number of anilines is 1. The number of thiazole rings is 1. The van der Waals surface area contributed by atoms with Gasteiger partial charge in [0.15, 0.2) is 0 Å². The Labute approximate surface area is 166 Å². The molecule has 0 spiro atoms. The van der Waals surface area contributed by atoms with Crippen LogP contribution in [0, 0.1) is 0 Å². The summed E-state index contributed by atoms with van der Waals surface area (Å²) in [7, 11) is 0. The summed E-state index contributed by atoms with van der Waals surface area (Å²) in [5, 5.41) is 12.2. The first kappa shape index (κ1) is 16.4. The Kier molecular flexibility index (Phi) is 4.32. The van der Waals surface area contributed by atoms with Crippen molar-refractivity contribution in [1.82, 2.24) is 4.98 Å². The number of rotatable bonds is 4. The van der Waals surface area contributed by atoms with Crippen LogP contribution in [0.1, 0.15) is 22.9 Å². The molecule has 0 fully saturated rings. The van der Waals surface area contributed by atoms with E-state index in [9.17, 15) is 0 Å². The lowest BCUT2D eigenvalue weighted by Crippen LogP contribution is -2.18. The molecule has 0 saturated heterocycles. The second kappa shape index (κ2) is 7.10. The molecular weight excluding hydrogens is 370 g/mol. The van der Waals surface area contributed by atoms with Gasteiger partial charge in [-0.3, -0.25) is 0 Å². The molecule has 2 aromatic heterocycles. The number of hydrogen-bond acceptors (Lipinski definition) is 5. The monoisotopic (exact) mass is 387 g/mol. The van der Waals surface area contributed by atoms with Gasteiger partial charge in [-0.05, 0) is 17.0 Å². The number of nitrogens with zero attached hydrogens (tertiary/aromatic N) is 3. The van der Waals surface area contributed by atoms with Gasteiger partial charge in [0, 0.05) is 17.4 Å². The van der Waals surface area contributed by atoms with Gasteiger partial charge in [-0.1, -0.05) is 66.7 Å². The quantitative estimate of drug-likeness (QED) is 0.415. The third-order valence-electron chi connectivity index (χ3n) is 4.66. The molecule has 27 heavy (non-hydrogen) atoms. The van der Waals surface area contributed by atoms with E-state index in [1.807, 2.05) is 18.2 Å². The van der Waals surface area contributed by atoms with Crippen LogP contribution in [-0.4, -0.2) is 10.7 Å². The molecule has 3 heterocycles. The van der Waals surface area contributed by atoms with Gasteiger partial charge in [0.1, 0.15) is 0 Å². The van der Waals surface area contributed by atoms with E-state index in [0.29, 0.717) is 0 Å². The molecule has 0 radical (unpaired) electrons. The van der Waals surface area contributed by atoms with Crippen molar-refractivity contribution in [2.24, 2.45) is 5.10 Å². The van der Waals surface area contributed by atoms with E-state index in [0.717, 1.165) is 28.5 Å². The lowest BCUT2D eigenvalue weighted by Gasteiger charge is -2.21. The van der Waals surface area contributed by atoms with Crippen LogP contribution in [0.4, 0.5) is 5.13 Å². The molecule has 1 atom stereocenters. The van der Waals surface area contributed by atoms with Gasteiger partial charge in [0.25, 0.3) is 0 Å². The summed E-state index contributed by atoms with van der Waals surface area (Å²) in [5.74, 6) is 0. The fourth-order valence-electron chi connectivity index (χ4n) is 3.32. The van der Waals surface area contributed by atoms with Crippen molar-refractivity contribution in [2.45, 2.75) is 12.5 Å². The SMILES string of the molecule is c1ccc(-c2csc(N3N=C(c4cccs4)CC3c3ccccc3)n2)cc1. The maximum Gasteiger partial charge on any atom is 0.207 e. The Morgan fingerprint density at radius 2 is 1.63 bits per heavy atom. The fourth-order valence-corrected chi connectivity index (χ4v) is 4.88. The Hall–Kier alpha value is -2.76. The summed E-state index contributed by atoms with van der Waals surface area (Å²) in [6.07, 6.45) is 0.894. The van der Waals surface area contributed by atoms with Gasteiger partial charge in [0.05, 0.1) is 22.3 Å². The van der Waals surface area contributed by atoms with Crippen molar-refractivity contribution in [3.05, 3.63) is 94.0 Å². The second-order valence-electron chi connectivity index (χ2n) is 6.38. The first-order valence-corrected chi connectivity index (χ1v) is 10.6. The highest BCUT2D eigenvalue weighted by Crippen LogP contribution is 2.39. The summed E-state index contributed by atoms with van der Waals surface area (Å²) in [4.78, 5) is 6.13. The molecule has 0 saturated carbocycles. The molecule has 0 amide bonds. The van der Waals surface area contributed by atoms with Crippen molar-refractivity contribution in [1.29, 1.82) is 0 Å². The number of benzene rings is 2. The van der Waals surface area contributed by atoms with Crippen molar-refractivity contribution < 1.29 is 0 Å². The number of hydrogen-bond donors (Lipinski definition) is 0. The van der Waals surface area contributed by atoms with E-state index in [1.54, 1.807) is 22.7 Å². The van der Waals surface area contributed by atoms with E-state index in [-0.39, 0.29) is 6.04 Å². The van der Waals surface area contributed by atoms with Crippen LogP contribution in [0.5, 0.6) is 0 Å². The Morgan fingerprint density at radius 1 is 0.852 bits per heavy atom. The van der Waals surface area contributed by atoms with Gasteiger partial charge in [-0.25, -0.2) is 9.99 Å². The third-order valence-corrected chi connectivity index (χ3v) is 6.41. The van der Waals surface area contributed by atoms with Gasteiger partial charge in [0.2, 0.25) is 5.13 Å². The molecule has 5 rings (SSSR count). The van der Waals surface area contributed by atoms with Crippen molar-refractivity contribution >= 4 is 33.5 Å². The zero-order valence-electron chi connectivity index (χ0n) is 14.5. The lowest BCUT2D eigenvalue weighted by atomic mass is 10.0. The second-order valence-corrected chi connectivity index (χ2v) is 8.16. The van der Waals surface area contributed by atoms with Crippen molar-refractivity contribution in [2.75, 3.05) is 5.01 Å². The fraction of sp³-hybridized carbons (Fsp3) is 0.0909. The standard InChI is InChI=1S/C22H17N3S2/c1-3-8-16(9-4-1)19-15-27-22(23-19)25-20(17-10-5-2-6-11-17)14-18(24-25)21-12-7-13-26-21/h1-13,15,20H,14H2. The first-order valence-electron chi connectivity index (χ1n) is 8.85. The van der Waals surface area contributed by atoms with E-state index in [4.69, 9.17) is 10.1 Å². The molecule has 1 unspecified atom stereocenters. The predicted octanol–water partition coefficient (Wildman–Crippen LogP) is 6.23.